The van der Waals surface area contributed by atoms with Gasteiger partial charge in [-0.25, -0.2) is 4.39 Å². The van der Waals surface area contributed by atoms with Crippen molar-refractivity contribution in [1.29, 1.82) is 0 Å². The number of hydrogen-bond acceptors (Lipinski definition) is 6. The summed E-state index contributed by atoms with van der Waals surface area (Å²) in [5, 5.41) is 26.6. The first kappa shape index (κ1) is 33.8. The van der Waals surface area contributed by atoms with Crippen molar-refractivity contribution >= 4 is 29.5 Å². The third kappa shape index (κ3) is 7.77. The average Bonchev–Trinajstić information content (AvgIpc) is 3.30. The van der Waals surface area contributed by atoms with E-state index in [-0.39, 0.29) is 23.6 Å². The number of thioether (sulfide) groups is 1. The molecule has 3 aromatic rings. The first-order valence-electron chi connectivity index (χ1n) is 14.0. The summed E-state index contributed by atoms with van der Waals surface area (Å²) in [5.41, 5.74) is -0.448. The van der Waals surface area contributed by atoms with E-state index in [9.17, 15) is 42.2 Å². The Hall–Kier alpha value is -4.10. The lowest BCUT2D eigenvalue weighted by molar-refractivity contribution is -0.147. The standard InChI is InChI=1S/C32H33F4N3O5S/c1-18-22(10-7-11-25(18)40)28(42)38-24(14-19-8-5-4-6-9-19)26(41)30(44)39-17-45-31(2,3)27(39)29(43)37-16-20-15-21(33)12-13-23(20)32(34,35)36/h4-13,15,24,26-27,40-41H,14,16-17H2,1-3H3,(H,37,43)(H,38,42)/t24-,26-,27?/m0/s1. The smallest absolute Gasteiger partial charge is 0.416 e. The molecule has 13 heteroatoms. The third-order valence-electron chi connectivity index (χ3n) is 7.70. The van der Waals surface area contributed by atoms with Crippen LogP contribution in [0.4, 0.5) is 17.6 Å². The molecular formula is C32H33F4N3O5S. The van der Waals surface area contributed by atoms with Crippen LogP contribution in [0.2, 0.25) is 0 Å². The molecule has 1 fully saturated rings. The van der Waals surface area contributed by atoms with Gasteiger partial charge >= 0.3 is 6.18 Å². The Morgan fingerprint density at radius 2 is 1.76 bits per heavy atom. The number of amides is 3. The minimum atomic E-state index is -4.78. The number of aromatic hydroxyl groups is 1. The lowest BCUT2D eigenvalue weighted by atomic mass is 9.96. The van der Waals surface area contributed by atoms with Crippen molar-refractivity contribution in [2.45, 2.75) is 62.8 Å². The maximum absolute atomic E-state index is 13.8. The molecule has 4 rings (SSSR count). The summed E-state index contributed by atoms with van der Waals surface area (Å²) in [6.45, 7) is 4.26. The molecule has 4 N–H and O–H groups in total. The van der Waals surface area contributed by atoms with Crippen LogP contribution < -0.4 is 10.6 Å². The number of carbonyl (C=O) groups excluding carboxylic acids is 3. The fourth-order valence-electron chi connectivity index (χ4n) is 5.24. The minimum absolute atomic E-state index is 0.0214. The van der Waals surface area contributed by atoms with Crippen molar-refractivity contribution in [1.82, 2.24) is 15.5 Å². The van der Waals surface area contributed by atoms with E-state index in [1.54, 1.807) is 51.1 Å². The van der Waals surface area contributed by atoms with E-state index in [4.69, 9.17) is 0 Å². The number of alkyl halides is 3. The summed E-state index contributed by atoms with van der Waals surface area (Å²) < 4.78 is 53.4. The fourth-order valence-corrected chi connectivity index (χ4v) is 6.38. The zero-order valence-corrected chi connectivity index (χ0v) is 25.5. The van der Waals surface area contributed by atoms with E-state index in [1.807, 2.05) is 0 Å². The Kier molecular flexibility index (Phi) is 10.1. The Morgan fingerprint density at radius 3 is 2.42 bits per heavy atom. The molecule has 0 aliphatic carbocycles. The Balaban J connectivity index is 1.57. The van der Waals surface area contributed by atoms with Gasteiger partial charge in [0.2, 0.25) is 5.91 Å². The van der Waals surface area contributed by atoms with E-state index < -0.39 is 70.3 Å². The number of aliphatic hydroxyl groups is 1. The molecule has 3 atom stereocenters. The Morgan fingerprint density at radius 1 is 1.07 bits per heavy atom. The van der Waals surface area contributed by atoms with Crippen LogP contribution in [-0.4, -0.2) is 61.6 Å². The highest BCUT2D eigenvalue weighted by atomic mass is 32.2. The van der Waals surface area contributed by atoms with Gasteiger partial charge < -0.3 is 25.7 Å². The van der Waals surface area contributed by atoms with E-state index in [0.717, 1.165) is 4.90 Å². The Bertz CT molecular complexity index is 1570. The molecule has 0 saturated carbocycles. The van der Waals surface area contributed by atoms with Crippen LogP contribution in [0, 0.1) is 12.7 Å². The number of benzene rings is 3. The van der Waals surface area contributed by atoms with E-state index in [0.29, 0.717) is 29.3 Å². The minimum Gasteiger partial charge on any atom is -0.508 e. The molecule has 3 amide bonds. The van der Waals surface area contributed by atoms with Gasteiger partial charge in [0.15, 0.2) is 6.10 Å². The lowest BCUT2D eigenvalue weighted by Gasteiger charge is -2.33. The van der Waals surface area contributed by atoms with Gasteiger partial charge in [0.05, 0.1) is 17.5 Å². The molecule has 0 aromatic heterocycles. The van der Waals surface area contributed by atoms with E-state index >= 15 is 0 Å². The maximum Gasteiger partial charge on any atom is 0.416 e. The van der Waals surface area contributed by atoms with Crippen molar-refractivity contribution < 1.29 is 42.2 Å². The number of aliphatic hydroxyl groups excluding tert-OH is 1. The second-order valence-corrected chi connectivity index (χ2v) is 12.9. The molecule has 45 heavy (non-hydrogen) atoms. The summed E-state index contributed by atoms with van der Waals surface area (Å²) in [6, 6.07) is 12.8. The van der Waals surface area contributed by atoms with Gasteiger partial charge in [0, 0.05) is 22.4 Å². The van der Waals surface area contributed by atoms with Gasteiger partial charge in [-0.1, -0.05) is 36.4 Å². The number of rotatable bonds is 9. The van der Waals surface area contributed by atoms with Crippen LogP contribution in [-0.2, 0) is 28.7 Å². The zero-order chi connectivity index (χ0) is 33.1. The van der Waals surface area contributed by atoms with Gasteiger partial charge in [0.25, 0.3) is 11.8 Å². The van der Waals surface area contributed by atoms with Gasteiger partial charge in [-0.3, -0.25) is 14.4 Å². The molecule has 0 bridgehead atoms. The molecular weight excluding hydrogens is 614 g/mol. The van der Waals surface area contributed by atoms with Gasteiger partial charge in [-0.15, -0.1) is 11.8 Å². The number of carbonyl (C=O) groups is 3. The van der Waals surface area contributed by atoms with Crippen LogP contribution in [0.3, 0.4) is 0 Å². The molecule has 1 aliphatic rings. The van der Waals surface area contributed by atoms with Crippen molar-refractivity contribution in [3.63, 3.8) is 0 Å². The first-order chi connectivity index (χ1) is 21.1. The maximum atomic E-state index is 13.8. The number of halogens is 4. The SMILES string of the molecule is Cc1c(O)cccc1C(=O)N[C@@H](Cc1ccccc1)[C@H](O)C(=O)N1CSC(C)(C)C1C(=O)NCc1cc(F)ccc1C(F)(F)F. The number of nitrogens with one attached hydrogen (secondary N) is 2. The molecule has 0 spiro atoms. The quantitative estimate of drug-likeness (QED) is 0.253. The number of hydrogen-bond donors (Lipinski definition) is 4. The topological polar surface area (TPSA) is 119 Å². The van der Waals surface area contributed by atoms with Gasteiger partial charge in [-0.2, -0.15) is 13.2 Å². The number of phenolic OH excluding ortho intramolecular Hbond substituents is 1. The van der Waals surface area contributed by atoms with Crippen LogP contribution in [0.25, 0.3) is 0 Å². The van der Waals surface area contributed by atoms with Crippen molar-refractivity contribution in [3.05, 3.63) is 100 Å². The second-order valence-electron chi connectivity index (χ2n) is 11.3. The third-order valence-corrected chi connectivity index (χ3v) is 9.08. The molecule has 1 unspecified atom stereocenters. The van der Waals surface area contributed by atoms with Crippen LogP contribution >= 0.6 is 11.8 Å². The predicted octanol–water partition coefficient (Wildman–Crippen LogP) is 4.56. The summed E-state index contributed by atoms with van der Waals surface area (Å²) in [7, 11) is 0. The lowest BCUT2D eigenvalue weighted by Crippen LogP contribution is -2.58. The van der Waals surface area contributed by atoms with Crippen molar-refractivity contribution in [3.8, 4) is 5.75 Å². The van der Waals surface area contributed by atoms with Gasteiger partial charge in [0.1, 0.15) is 17.6 Å². The van der Waals surface area contributed by atoms with Crippen molar-refractivity contribution in [2.75, 3.05) is 5.88 Å². The molecule has 1 saturated heterocycles. The highest BCUT2D eigenvalue weighted by molar-refractivity contribution is 8.00. The first-order valence-corrected chi connectivity index (χ1v) is 15.0. The molecule has 8 nitrogen and oxygen atoms in total. The normalized spacial score (nSPS) is 17.4. The van der Waals surface area contributed by atoms with E-state index in [1.165, 1.54) is 30.0 Å². The summed E-state index contributed by atoms with van der Waals surface area (Å²) in [4.78, 5) is 41.6. The molecule has 240 valence electrons. The molecule has 1 heterocycles. The largest absolute Gasteiger partial charge is 0.508 e. The predicted molar refractivity (Wildman–Crippen MR) is 161 cm³/mol. The highest BCUT2D eigenvalue weighted by Gasteiger charge is 2.50. The summed E-state index contributed by atoms with van der Waals surface area (Å²) in [6.07, 6.45) is -6.56. The number of phenols is 1. The van der Waals surface area contributed by atoms with Crippen LogP contribution in [0.15, 0.2) is 66.7 Å². The molecule has 0 radical (unpaired) electrons. The zero-order valence-electron chi connectivity index (χ0n) is 24.7. The average molecular weight is 648 g/mol. The highest BCUT2D eigenvalue weighted by Crippen LogP contribution is 2.40. The van der Waals surface area contributed by atoms with Gasteiger partial charge in [-0.05, 0) is 68.7 Å². The summed E-state index contributed by atoms with van der Waals surface area (Å²) >= 11 is 1.23. The van der Waals surface area contributed by atoms with Crippen molar-refractivity contribution in [2.24, 2.45) is 0 Å². The van der Waals surface area contributed by atoms with Crippen LogP contribution in [0.1, 0.15) is 46.5 Å². The molecule has 1 aliphatic heterocycles. The monoisotopic (exact) mass is 647 g/mol. The number of nitrogens with zero attached hydrogens (tertiary/aromatic N) is 1. The molecule has 3 aromatic carbocycles. The fraction of sp³-hybridized carbons (Fsp3) is 0.344. The Labute approximate surface area is 261 Å². The summed E-state index contributed by atoms with van der Waals surface area (Å²) in [5.74, 6) is -3.34. The van der Waals surface area contributed by atoms with Crippen LogP contribution in [0.5, 0.6) is 5.75 Å². The second kappa shape index (κ2) is 13.5. The van der Waals surface area contributed by atoms with E-state index in [2.05, 4.69) is 10.6 Å².